The van der Waals surface area contributed by atoms with Gasteiger partial charge in [-0.1, -0.05) is 24.0 Å². The number of aliphatic hydroxyl groups excluding tert-OH is 2. The first-order chi connectivity index (χ1) is 18.2. The molecule has 0 bridgehead atoms. The number of nitrogens with zero attached hydrogens (tertiary/aromatic N) is 1. The van der Waals surface area contributed by atoms with Crippen LogP contribution in [-0.2, 0) is 19.1 Å². The zero-order valence-electron chi connectivity index (χ0n) is 21.9. The van der Waals surface area contributed by atoms with E-state index < -0.39 is 35.5 Å². The summed E-state index contributed by atoms with van der Waals surface area (Å²) < 4.78 is 11.1. The van der Waals surface area contributed by atoms with Crippen molar-refractivity contribution in [3.63, 3.8) is 0 Å². The van der Waals surface area contributed by atoms with Crippen molar-refractivity contribution in [2.24, 2.45) is 0 Å². The largest absolute Gasteiger partial charge is 0.393 e. The van der Waals surface area contributed by atoms with Gasteiger partial charge in [-0.05, 0) is 68.1 Å². The lowest BCUT2D eigenvalue weighted by molar-refractivity contribution is -0.174. The van der Waals surface area contributed by atoms with E-state index in [-0.39, 0.29) is 13.2 Å². The van der Waals surface area contributed by atoms with Crippen LogP contribution in [0.4, 0.5) is 0 Å². The number of hydrogen-bond donors (Lipinski definition) is 3. The number of aliphatic hydroxyl groups is 2. The number of nitrogens with one attached hydrogen (secondary N) is 1. The Morgan fingerprint density at radius 3 is 2.24 bits per heavy atom. The van der Waals surface area contributed by atoms with Gasteiger partial charge in [-0.2, -0.15) is 0 Å². The van der Waals surface area contributed by atoms with Gasteiger partial charge in [-0.15, -0.1) is 0 Å². The number of amides is 2. The molecular formula is C29H34N2O7. The van der Waals surface area contributed by atoms with Crippen molar-refractivity contribution in [1.82, 2.24) is 10.2 Å². The first kappa shape index (κ1) is 29.0. The van der Waals surface area contributed by atoms with Gasteiger partial charge in [0.05, 0.1) is 6.61 Å². The predicted octanol–water partition coefficient (Wildman–Crippen LogP) is 1.80. The van der Waals surface area contributed by atoms with Crippen molar-refractivity contribution < 1.29 is 34.1 Å². The third-order valence-electron chi connectivity index (χ3n) is 6.68. The molecular weight excluding hydrogens is 488 g/mol. The predicted molar refractivity (Wildman–Crippen MR) is 140 cm³/mol. The van der Waals surface area contributed by atoms with E-state index in [2.05, 4.69) is 17.2 Å². The van der Waals surface area contributed by atoms with Crippen molar-refractivity contribution >= 4 is 17.6 Å². The highest BCUT2D eigenvalue weighted by Crippen LogP contribution is 2.21. The molecule has 1 aliphatic rings. The van der Waals surface area contributed by atoms with E-state index in [1.807, 2.05) is 0 Å². The zero-order chi connectivity index (χ0) is 27.7. The van der Waals surface area contributed by atoms with E-state index >= 15 is 0 Å². The lowest BCUT2D eigenvalue weighted by atomic mass is 9.92. The van der Waals surface area contributed by atoms with Crippen molar-refractivity contribution in [2.75, 3.05) is 33.9 Å². The Morgan fingerprint density at radius 2 is 1.71 bits per heavy atom. The Balaban J connectivity index is 1.71. The van der Waals surface area contributed by atoms with E-state index in [1.54, 1.807) is 48.5 Å². The smallest absolute Gasteiger partial charge is 0.254 e. The normalized spacial score (nSPS) is 17.3. The van der Waals surface area contributed by atoms with Crippen LogP contribution < -0.4 is 5.32 Å². The number of ketones is 1. The van der Waals surface area contributed by atoms with Crippen LogP contribution in [0, 0.1) is 11.8 Å². The van der Waals surface area contributed by atoms with Crippen LogP contribution in [0.15, 0.2) is 48.5 Å². The summed E-state index contributed by atoms with van der Waals surface area (Å²) in [6.07, 6.45) is 1.12. The summed E-state index contributed by atoms with van der Waals surface area (Å²) in [5.74, 6) is 4.34. The van der Waals surface area contributed by atoms with E-state index in [9.17, 15) is 19.5 Å². The SMILES string of the molecule is CNC(=O)[C@@](C)(C(=O)COC1CCCCO1)N(C)C(=O)c1ccc(C#Cc2ccc(C(O)CO)cc2)cc1. The fraction of sp³-hybridized carbons (Fsp3) is 0.414. The summed E-state index contributed by atoms with van der Waals surface area (Å²) in [7, 11) is 2.82. The van der Waals surface area contributed by atoms with Crippen LogP contribution in [0.3, 0.4) is 0 Å². The molecule has 1 fully saturated rings. The number of carbonyl (C=O) groups excluding carboxylic acids is 3. The molecule has 3 atom stereocenters. The van der Waals surface area contributed by atoms with Gasteiger partial charge in [0.2, 0.25) is 0 Å². The molecule has 2 unspecified atom stereocenters. The number of carbonyl (C=O) groups is 3. The molecule has 9 nitrogen and oxygen atoms in total. The molecule has 0 spiro atoms. The van der Waals surface area contributed by atoms with Crippen LogP contribution >= 0.6 is 0 Å². The molecule has 38 heavy (non-hydrogen) atoms. The molecule has 1 heterocycles. The first-order valence-corrected chi connectivity index (χ1v) is 12.5. The molecule has 0 radical (unpaired) electrons. The summed E-state index contributed by atoms with van der Waals surface area (Å²) in [5, 5.41) is 21.2. The lowest BCUT2D eigenvalue weighted by Crippen LogP contribution is -2.62. The molecule has 2 amide bonds. The van der Waals surface area contributed by atoms with Crippen LogP contribution in [-0.4, -0.2) is 78.5 Å². The monoisotopic (exact) mass is 522 g/mol. The summed E-state index contributed by atoms with van der Waals surface area (Å²) in [4.78, 5) is 40.4. The Morgan fingerprint density at radius 1 is 1.11 bits per heavy atom. The van der Waals surface area contributed by atoms with Crippen LogP contribution in [0.5, 0.6) is 0 Å². The first-order valence-electron chi connectivity index (χ1n) is 12.5. The lowest BCUT2D eigenvalue weighted by Gasteiger charge is -2.36. The molecule has 9 heteroatoms. The molecule has 3 rings (SSSR count). The number of ether oxygens (including phenoxy) is 2. The second-order valence-electron chi connectivity index (χ2n) is 9.19. The van der Waals surface area contributed by atoms with Gasteiger partial charge in [0, 0.05) is 37.4 Å². The molecule has 0 aliphatic carbocycles. The van der Waals surface area contributed by atoms with Gasteiger partial charge in [-0.3, -0.25) is 14.4 Å². The number of benzene rings is 2. The van der Waals surface area contributed by atoms with Gasteiger partial charge < -0.3 is 29.9 Å². The fourth-order valence-corrected chi connectivity index (χ4v) is 3.99. The molecule has 0 saturated carbocycles. The zero-order valence-corrected chi connectivity index (χ0v) is 21.9. The quantitative estimate of drug-likeness (QED) is 0.339. The standard InChI is InChI=1S/C29H34N2O7/c1-29(28(36)30-2,25(34)19-38-26-6-4-5-17-37-26)31(3)27(35)23-15-11-21(12-16-23)8-7-20-9-13-22(14-10-20)24(33)18-32/h9-16,24,26,32-33H,4-6,17-19H2,1-3H3,(H,30,36)/t24?,26?,29-/m1/s1. The van der Waals surface area contributed by atoms with Gasteiger partial charge in [-0.25, -0.2) is 0 Å². The van der Waals surface area contributed by atoms with E-state index in [4.69, 9.17) is 14.6 Å². The Bertz CT molecular complexity index is 1180. The highest BCUT2D eigenvalue weighted by molar-refractivity contribution is 6.14. The van der Waals surface area contributed by atoms with Gasteiger partial charge in [0.1, 0.15) is 12.7 Å². The van der Waals surface area contributed by atoms with Gasteiger partial charge in [0.25, 0.3) is 11.8 Å². The summed E-state index contributed by atoms with van der Waals surface area (Å²) in [6.45, 7) is 1.25. The van der Waals surface area contributed by atoms with Crippen LogP contribution in [0.2, 0.25) is 0 Å². The van der Waals surface area contributed by atoms with Gasteiger partial charge in [0.15, 0.2) is 17.6 Å². The maximum Gasteiger partial charge on any atom is 0.254 e. The Labute approximate surface area is 222 Å². The summed E-state index contributed by atoms with van der Waals surface area (Å²) >= 11 is 0. The third kappa shape index (κ3) is 6.85. The number of rotatable bonds is 9. The van der Waals surface area contributed by atoms with Crippen molar-refractivity contribution in [3.05, 3.63) is 70.8 Å². The molecule has 0 aromatic heterocycles. The minimum Gasteiger partial charge on any atom is -0.393 e. The maximum absolute atomic E-state index is 13.3. The average molecular weight is 523 g/mol. The molecule has 2 aromatic rings. The molecule has 2 aromatic carbocycles. The third-order valence-corrected chi connectivity index (χ3v) is 6.68. The van der Waals surface area contributed by atoms with E-state index in [0.717, 1.165) is 23.3 Å². The minimum atomic E-state index is -1.78. The Hall–Kier alpha value is -3.55. The second kappa shape index (κ2) is 13.3. The Kier molecular flexibility index (Phi) is 10.2. The highest BCUT2D eigenvalue weighted by Gasteiger charge is 2.46. The van der Waals surface area contributed by atoms with E-state index in [1.165, 1.54) is 21.0 Å². The van der Waals surface area contributed by atoms with Crippen molar-refractivity contribution in [2.45, 2.75) is 44.1 Å². The molecule has 1 saturated heterocycles. The molecule has 1 aliphatic heterocycles. The number of hydrogen-bond acceptors (Lipinski definition) is 7. The van der Waals surface area contributed by atoms with Crippen molar-refractivity contribution in [1.29, 1.82) is 0 Å². The highest BCUT2D eigenvalue weighted by atomic mass is 16.7. The number of Topliss-reactive ketones (excluding diaryl/α,β-unsaturated/α-hetero) is 1. The van der Waals surface area contributed by atoms with Crippen molar-refractivity contribution in [3.8, 4) is 11.8 Å². The molecule has 3 N–H and O–H groups in total. The second-order valence-corrected chi connectivity index (χ2v) is 9.19. The maximum atomic E-state index is 13.3. The molecule has 202 valence electrons. The van der Waals surface area contributed by atoms with E-state index in [0.29, 0.717) is 29.7 Å². The summed E-state index contributed by atoms with van der Waals surface area (Å²) in [6, 6.07) is 13.4. The number of likely N-dealkylation sites (N-methyl/N-ethyl adjacent to an activating group) is 2. The fourth-order valence-electron chi connectivity index (χ4n) is 3.99. The van der Waals surface area contributed by atoms with Gasteiger partial charge >= 0.3 is 0 Å². The topological polar surface area (TPSA) is 125 Å². The average Bonchev–Trinajstić information content (AvgIpc) is 2.97. The minimum absolute atomic E-state index is 0.292. The van der Waals surface area contributed by atoms with Crippen LogP contribution in [0.1, 0.15) is 59.3 Å². The summed E-state index contributed by atoms with van der Waals surface area (Å²) in [5.41, 5.74) is 0.490. The van der Waals surface area contributed by atoms with Crippen LogP contribution in [0.25, 0.3) is 0 Å².